The molecule has 36 heavy (non-hydrogen) atoms. The Morgan fingerprint density at radius 2 is 1.39 bits per heavy atom. The fourth-order valence-corrected chi connectivity index (χ4v) is 6.48. The van der Waals surface area contributed by atoms with E-state index in [1.54, 1.807) is 0 Å². The molecule has 15 nitrogen and oxygen atoms in total. The van der Waals surface area contributed by atoms with Gasteiger partial charge in [0.15, 0.2) is 0 Å². The van der Waals surface area contributed by atoms with E-state index in [4.69, 9.17) is 0 Å². The number of nitrogens with one attached hydrogen (secondary N) is 1. The van der Waals surface area contributed by atoms with Crippen molar-refractivity contribution >= 4 is 62.5 Å². The third-order valence-corrected chi connectivity index (χ3v) is 8.47. The Labute approximate surface area is 203 Å². The number of fused-ring (bicyclic) bond motifs is 1. The highest BCUT2D eigenvalue weighted by Crippen LogP contribution is 2.37. The first-order valence-electron chi connectivity index (χ1n) is 9.07. The van der Waals surface area contributed by atoms with Crippen molar-refractivity contribution in [1.82, 2.24) is 0 Å². The smallest absolute Gasteiger partial charge is 0.283 e. The summed E-state index contributed by atoms with van der Waals surface area (Å²) in [6.45, 7) is 0. The Bertz CT molecular complexity index is 1850. The molecule has 0 aromatic heterocycles. The second kappa shape index (κ2) is 9.03. The molecule has 0 saturated carbocycles. The monoisotopic (exact) mass is 582 g/mol. The van der Waals surface area contributed by atoms with Gasteiger partial charge in [0, 0.05) is 22.9 Å². The number of hydrogen-bond acceptors (Lipinski definition) is 10. The van der Waals surface area contributed by atoms with Crippen molar-refractivity contribution in [2.24, 2.45) is 0 Å². The van der Waals surface area contributed by atoms with Crippen LogP contribution in [0.1, 0.15) is 5.56 Å². The summed E-state index contributed by atoms with van der Waals surface area (Å²) in [4.78, 5) is 6.58. The molecular formula is C17H14N2O13S4. The van der Waals surface area contributed by atoms with Gasteiger partial charge in [-0.2, -0.15) is 25.3 Å². The van der Waals surface area contributed by atoms with Crippen LogP contribution in [-0.2, 0) is 46.1 Å². The number of benzene rings is 3. The maximum atomic E-state index is 12.8. The number of nitro groups is 1. The number of non-ortho nitro benzene ring substituents is 1. The van der Waals surface area contributed by atoms with Crippen LogP contribution in [0.4, 0.5) is 11.4 Å². The van der Waals surface area contributed by atoms with Crippen molar-refractivity contribution in [3.05, 3.63) is 64.2 Å². The van der Waals surface area contributed by atoms with Crippen LogP contribution in [0.2, 0.25) is 0 Å². The molecule has 0 atom stereocenters. The maximum Gasteiger partial charge on any atom is 0.295 e. The van der Waals surface area contributed by atoms with Gasteiger partial charge >= 0.3 is 0 Å². The van der Waals surface area contributed by atoms with Gasteiger partial charge in [0.05, 0.1) is 21.3 Å². The zero-order valence-electron chi connectivity index (χ0n) is 17.3. The number of hydrogen-bond donors (Lipinski definition) is 4. The number of anilines is 1. The van der Waals surface area contributed by atoms with Crippen LogP contribution in [0.15, 0.2) is 63.2 Å². The quantitative estimate of drug-likeness (QED) is 0.167. The lowest BCUT2D eigenvalue weighted by Crippen LogP contribution is -2.16. The van der Waals surface area contributed by atoms with E-state index in [0.717, 1.165) is 18.2 Å². The average Bonchev–Trinajstić information content (AvgIpc) is 2.70. The molecule has 0 bridgehead atoms. The van der Waals surface area contributed by atoms with Gasteiger partial charge in [0.1, 0.15) is 9.79 Å². The minimum absolute atomic E-state index is 0.0563. The molecule has 194 valence electrons. The molecule has 3 aromatic carbocycles. The molecule has 0 aliphatic heterocycles. The van der Waals surface area contributed by atoms with E-state index in [9.17, 15) is 57.4 Å². The zero-order valence-corrected chi connectivity index (χ0v) is 20.6. The highest BCUT2D eigenvalue weighted by atomic mass is 32.2. The van der Waals surface area contributed by atoms with E-state index in [-0.39, 0.29) is 11.6 Å². The Morgan fingerprint density at radius 3 is 1.92 bits per heavy atom. The molecule has 0 fully saturated rings. The number of rotatable bonds is 8. The third kappa shape index (κ3) is 5.95. The summed E-state index contributed by atoms with van der Waals surface area (Å²) in [6, 6.07) is 6.56. The van der Waals surface area contributed by atoms with Crippen molar-refractivity contribution < 1.29 is 52.3 Å². The fourth-order valence-electron chi connectivity index (χ4n) is 3.24. The normalized spacial score (nSPS) is 13.0. The summed E-state index contributed by atoms with van der Waals surface area (Å²) >= 11 is 0. The molecule has 3 rings (SSSR count). The minimum atomic E-state index is -5.39. The molecule has 4 N–H and O–H groups in total. The fraction of sp³-hybridized carbons (Fsp3) is 0.0588. The summed E-state index contributed by atoms with van der Waals surface area (Å²) in [5, 5.41) is 9.19. The lowest BCUT2D eigenvalue weighted by Gasteiger charge is -2.16. The summed E-state index contributed by atoms with van der Waals surface area (Å²) in [5.41, 5.74) is -1.14. The molecule has 0 heterocycles. The Balaban J connectivity index is 2.31. The molecule has 19 heteroatoms. The van der Waals surface area contributed by atoms with E-state index in [2.05, 4.69) is 0 Å². The Morgan fingerprint density at radius 1 is 0.778 bits per heavy atom. The van der Waals surface area contributed by atoms with Gasteiger partial charge in [0.2, 0.25) is 10.0 Å². The van der Waals surface area contributed by atoms with Crippen LogP contribution in [0.5, 0.6) is 0 Å². The number of nitro benzene ring substituents is 1. The lowest BCUT2D eigenvalue weighted by molar-refractivity contribution is -0.384. The molecule has 0 amide bonds. The number of nitrogens with zero attached hydrogens (tertiary/aromatic N) is 1. The summed E-state index contributed by atoms with van der Waals surface area (Å²) in [6.07, 6.45) is 0. The molecule has 3 aromatic rings. The molecule has 0 spiro atoms. The van der Waals surface area contributed by atoms with Crippen molar-refractivity contribution in [2.75, 3.05) is 4.72 Å². The van der Waals surface area contributed by atoms with E-state index in [0.29, 0.717) is 12.1 Å². The lowest BCUT2D eigenvalue weighted by atomic mass is 10.1. The van der Waals surface area contributed by atoms with Crippen LogP contribution < -0.4 is 4.72 Å². The van der Waals surface area contributed by atoms with Crippen LogP contribution in [0.25, 0.3) is 10.8 Å². The second-order valence-electron chi connectivity index (χ2n) is 7.17. The molecule has 0 saturated heterocycles. The van der Waals surface area contributed by atoms with Gasteiger partial charge in [-0.25, -0.2) is 8.42 Å². The Kier molecular flexibility index (Phi) is 6.87. The summed E-state index contributed by atoms with van der Waals surface area (Å²) in [7, 11) is -20.2. The second-order valence-corrected chi connectivity index (χ2v) is 13.1. The molecule has 0 aliphatic rings. The first-order chi connectivity index (χ1) is 16.3. The van der Waals surface area contributed by atoms with E-state index in [1.807, 2.05) is 4.72 Å². The summed E-state index contributed by atoms with van der Waals surface area (Å²) < 4.78 is 127. The van der Waals surface area contributed by atoms with Crippen molar-refractivity contribution in [2.45, 2.75) is 20.4 Å². The Hall–Kier alpha value is -3.20. The van der Waals surface area contributed by atoms with Crippen LogP contribution in [0, 0.1) is 10.1 Å². The van der Waals surface area contributed by atoms with Crippen molar-refractivity contribution in [1.29, 1.82) is 0 Å². The van der Waals surface area contributed by atoms with Crippen LogP contribution in [-0.4, -0.2) is 52.3 Å². The SMILES string of the molecule is O=[N+]([O-])c1cccc(CS(=O)(=O)Nc2ccc(S(=O)(=O)O)c3cc(S(=O)(=O)O)cc(S(=O)(=O)O)c23)c1. The van der Waals surface area contributed by atoms with Crippen molar-refractivity contribution in [3.63, 3.8) is 0 Å². The average molecular weight is 583 g/mol. The largest absolute Gasteiger partial charge is 0.295 e. The van der Waals surface area contributed by atoms with Gasteiger partial charge in [-0.15, -0.1) is 0 Å². The van der Waals surface area contributed by atoms with E-state index < -0.39 is 87.9 Å². The minimum Gasteiger partial charge on any atom is -0.283 e. The highest BCUT2D eigenvalue weighted by molar-refractivity contribution is 7.92. The summed E-state index contributed by atoms with van der Waals surface area (Å²) in [5.74, 6) is -0.874. The third-order valence-electron chi connectivity index (χ3n) is 4.61. The predicted molar refractivity (Wildman–Crippen MR) is 123 cm³/mol. The molecule has 0 aliphatic carbocycles. The first kappa shape index (κ1) is 27.4. The van der Waals surface area contributed by atoms with Gasteiger partial charge < -0.3 is 0 Å². The molecule has 0 unspecified atom stereocenters. The highest BCUT2D eigenvalue weighted by Gasteiger charge is 2.28. The van der Waals surface area contributed by atoms with Crippen LogP contribution in [0.3, 0.4) is 0 Å². The topological polar surface area (TPSA) is 252 Å². The molecule has 0 radical (unpaired) electrons. The van der Waals surface area contributed by atoms with Gasteiger partial charge in [0.25, 0.3) is 36.0 Å². The first-order valence-corrected chi connectivity index (χ1v) is 15.0. The zero-order chi connectivity index (χ0) is 27.3. The van der Waals surface area contributed by atoms with E-state index in [1.165, 1.54) is 12.1 Å². The standard InChI is InChI=1S/C17H14N2O13S4/c20-19(21)11-3-1-2-10(6-11)9-33(22,23)18-14-4-5-15(35(27,28)29)13-7-12(34(24,25)26)8-16(17(13)14)36(30,31)32/h1-8,18H,9H2,(H,24,25,26)(H,27,28,29)(H,30,31,32). The molecular weight excluding hydrogens is 568 g/mol. The van der Waals surface area contributed by atoms with Crippen molar-refractivity contribution in [3.8, 4) is 0 Å². The van der Waals surface area contributed by atoms with E-state index >= 15 is 0 Å². The maximum absolute atomic E-state index is 12.8. The predicted octanol–water partition coefficient (Wildman–Crippen LogP) is 1.43. The van der Waals surface area contributed by atoms with Crippen LogP contribution >= 0.6 is 0 Å². The van der Waals surface area contributed by atoms with Gasteiger partial charge in [-0.1, -0.05) is 12.1 Å². The number of sulfonamides is 1. The van der Waals surface area contributed by atoms with Gasteiger partial charge in [-0.3, -0.25) is 28.5 Å². The van der Waals surface area contributed by atoms with Gasteiger partial charge in [-0.05, 0) is 29.8 Å².